The Labute approximate surface area is 74.1 Å². The van der Waals surface area contributed by atoms with Gasteiger partial charge in [-0.15, -0.1) is 0 Å². The number of rotatable bonds is 0. The first-order valence-electron chi connectivity index (χ1n) is 4.32. The highest BCUT2D eigenvalue weighted by atomic mass is 16.2. The molecule has 4 nitrogen and oxygen atoms in total. The van der Waals surface area contributed by atoms with Gasteiger partial charge in [0.2, 0.25) is 0 Å². The number of hydrogen-bond donors (Lipinski definition) is 2. The average Bonchev–Trinajstić information content (AvgIpc) is 2.08. The van der Waals surface area contributed by atoms with Crippen LogP contribution in [0.3, 0.4) is 0 Å². The van der Waals surface area contributed by atoms with E-state index in [1.807, 2.05) is 0 Å². The van der Waals surface area contributed by atoms with Crippen LogP contribution in [0.2, 0.25) is 0 Å². The van der Waals surface area contributed by atoms with Crippen LogP contribution in [0.15, 0.2) is 0 Å². The maximum absolute atomic E-state index is 9.85. The number of nitrogens with zero attached hydrogens (tertiary/aromatic N) is 1. The molecule has 1 heterocycles. The van der Waals surface area contributed by atoms with Crippen LogP contribution in [0.4, 0.5) is 4.79 Å². The van der Waals surface area contributed by atoms with E-state index < -0.39 is 6.03 Å². The summed E-state index contributed by atoms with van der Waals surface area (Å²) in [6, 6.07) is -0.407. The monoisotopic (exact) mass is 173 g/mol. The normalized spacial score (nSPS) is 15.8. The number of urea groups is 1. The third-order valence-corrected chi connectivity index (χ3v) is 1.65. The van der Waals surface area contributed by atoms with Crippen molar-refractivity contribution in [3.63, 3.8) is 0 Å². The molecule has 1 aliphatic heterocycles. The van der Waals surface area contributed by atoms with Gasteiger partial charge in [-0.2, -0.15) is 0 Å². The third-order valence-electron chi connectivity index (χ3n) is 1.65. The summed E-state index contributed by atoms with van der Waals surface area (Å²) in [4.78, 5) is 11.2. The van der Waals surface area contributed by atoms with Crippen molar-refractivity contribution in [2.75, 3.05) is 27.2 Å². The second-order valence-corrected chi connectivity index (χ2v) is 3.04. The van der Waals surface area contributed by atoms with E-state index in [0.717, 1.165) is 0 Å². The van der Waals surface area contributed by atoms with Gasteiger partial charge in [-0.1, -0.05) is 6.42 Å². The second-order valence-electron chi connectivity index (χ2n) is 3.04. The number of amides is 2. The van der Waals surface area contributed by atoms with Gasteiger partial charge in [0.05, 0.1) is 0 Å². The van der Waals surface area contributed by atoms with Crippen molar-refractivity contribution in [1.82, 2.24) is 10.2 Å². The molecule has 0 unspecified atom stereocenters. The van der Waals surface area contributed by atoms with Crippen molar-refractivity contribution in [2.24, 2.45) is 5.73 Å². The smallest absolute Gasteiger partial charge is 0.314 e. The summed E-state index contributed by atoms with van der Waals surface area (Å²) in [5, 5.41) is 3.28. The Morgan fingerprint density at radius 3 is 1.75 bits per heavy atom. The first-order valence-corrected chi connectivity index (χ1v) is 4.32. The Morgan fingerprint density at radius 1 is 1.25 bits per heavy atom. The zero-order valence-corrected chi connectivity index (χ0v) is 7.97. The molecule has 0 aromatic heterocycles. The maximum atomic E-state index is 9.85. The van der Waals surface area contributed by atoms with Crippen molar-refractivity contribution >= 4 is 6.03 Å². The van der Waals surface area contributed by atoms with Gasteiger partial charge in [-0.3, -0.25) is 0 Å². The molecule has 0 saturated carbocycles. The lowest BCUT2D eigenvalue weighted by molar-refractivity contribution is 0.227. The minimum absolute atomic E-state index is 0.407. The first kappa shape index (κ1) is 11.2. The van der Waals surface area contributed by atoms with Crippen LogP contribution < -0.4 is 11.1 Å². The van der Waals surface area contributed by atoms with Gasteiger partial charge < -0.3 is 16.0 Å². The highest BCUT2D eigenvalue weighted by Crippen LogP contribution is 1.96. The van der Waals surface area contributed by atoms with E-state index in [1.165, 1.54) is 37.3 Å². The zero-order valence-electron chi connectivity index (χ0n) is 7.97. The highest BCUT2D eigenvalue weighted by molar-refractivity contribution is 5.71. The Morgan fingerprint density at radius 2 is 1.67 bits per heavy atom. The molecule has 0 bridgehead atoms. The number of carbonyl (C=O) groups excluding carboxylic acids is 1. The summed E-state index contributed by atoms with van der Waals surface area (Å²) < 4.78 is 0. The molecule has 4 heteroatoms. The van der Waals surface area contributed by atoms with Crippen molar-refractivity contribution < 1.29 is 4.79 Å². The predicted octanol–water partition coefficient (Wildman–Crippen LogP) is 0.387. The molecule has 72 valence electrons. The van der Waals surface area contributed by atoms with Gasteiger partial charge in [0.25, 0.3) is 0 Å². The largest absolute Gasteiger partial charge is 0.352 e. The Bertz CT molecular complexity index is 110. The maximum Gasteiger partial charge on any atom is 0.314 e. The molecule has 0 atom stereocenters. The standard InChI is InChI=1S/C5H11N.C3H8N2O/c1-2-4-6-5-3-1;1-5(2)3(4)6/h6H,1-5H2;1-2H3,(H2,4,6). The lowest BCUT2D eigenvalue weighted by Crippen LogP contribution is -2.27. The molecular formula is C8H19N3O. The number of nitrogens with one attached hydrogen (secondary N) is 1. The number of piperidine rings is 1. The van der Waals surface area contributed by atoms with Crippen LogP contribution in [0, 0.1) is 0 Å². The molecule has 1 fully saturated rings. The molecule has 12 heavy (non-hydrogen) atoms. The van der Waals surface area contributed by atoms with Crippen molar-refractivity contribution in [3.05, 3.63) is 0 Å². The van der Waals surface area contributed by atoms with Gasteiger partial charge in [-0.25, -0.2) is 4.79 Å². The summed E-state index contributed by atoms with van der Waals surface area (Å²) in [5.41, 5.74) is 4.72. The number of primary amides is 1. The summed E-state index contributed by atoms with van der Waals surface area (Å²) in [6.07, 6.45) is 4.22. The molecule has 1 saturated heterocycles. The lowest BCUT2D eigenvalue weighted by Gasteiger charge is -2.08. The highest BCUT2D eigenvalue weighted by Gasteiger charge is 1.93. The third kappa shape index (κ3) is 7.34. The molecule has 1 aliphatic rings. The van der Waals surface area contributed by atoms with Gasteiger partial charge in [-0.05, 0) is 25.9 Å². The lowest BCUT2D eigenvalue weighted by atomic mass is 10.2. The average molecular weight is 173 g/mol. The second kappa shape index (κ2) is 6.91. The van der Waals surface area contributed by atoms with E-state index in [4.69, 9.17) is 5.73 Å². The van der Waals surface area contributed by atoms with E-state index >= 15 is 0 Å². The van der Waals surface area contributed by atoms with Crippen LogP contribution in [-0.2, 0) is 0 Å². The molecule has 0 aliphatic carbocycles. The minimum Gasteiger partial charge on any atom is -0.352 e. The van der Waals surface area contributed by atoms with Crippen molar-refractivity contribution in [1.29, 1.82) is 0 Å². The van der Waals surface area contributed by atoms with Crippen molar-refractivity contribution in [3.8, 4) is 0 Å². The quantitative estimate of drug-likeness (QED) is 0.556. The Kier molecular flexibility index (Phi) is 6.47. The van der Waals surface area contributed by atoms with E-state index in [1.54, 1.807) is 14.1 Å². The SMILES string of the molecule is C1CCNCC1.CN(C)C(N)=O. The van der Waals surface area contributed by atoms with E-state index in [2.05, 4.69) is 5.32 Å². The van der Waals surface area contributed by atoms with Gasteiger partial charge in [0, 0.05) is 14.1 Å². The van der Waals surface area contributed by atoms with Gasteiger partial charge >= 0.3 is 6.03 Å². The summed E-state index contributed by atoms with van der Waals surface area (Å²) in [7, 11) is 3.20. The Hall–Kier alpha value is -0.770. The topological polar surface area (TPSA) is 58.4 Å². The van der Waals surface area contributed by atoms with E-state index in [0.29, 0.717) is 0 Å². The van der Waals surface area contributed by atoms with Crippen LogP contribution in [-0.4, -0.2) is 38.1 Å². The summed E-state index contributed by atoms with van der Waals surface area (Å²) in [6.45, 7) is 2.50. The fourth-order valence-electron chi connectivity index (χ4n) is 0.802. The molecule has 3 N–H and O–H groups in total. The zero-order chi connectivity index (χ0) is 9.40. The minimum atomic E-state index is -0.407. The van der Waals surface area contributed by atoms with E-state index in [-0.39, 0.29) is 0 Å². The number of hydrogen-bond acceptors (Lipinski definition) is 2. The van der Waals surface area contributed by atoms with Crippen LogP contribution in [0.5, 0.6) is 0 Å². The Balaban J connectivity index is 0.000000202. The fraction of sp³-hybridized carbons (Fsp3) is 0.875. The van der Waals surface area contributed by atoms with Crippen molar-refractivity contribution in [2.45, 2.75) is 19.3 Å². The molecular weight excluding hydrogens is 154 g/mol. The number of nitrogens with two attached hydrogens (primary N) is 1. The summed E-state index contributed by atoms with van der Waals surface area (Å²) >= 11 is 0. The number of carbonyl (C=O) groups is 1. The molecule has 0 aromatic rings. The molecule has 1 rings (SSSR count). The molecule has 2 amide bonds. The molecule has 0 spiro atoms. The van der Waals surface area contributed by atoms with Crippen LogP contribution in [0.25, 0.3) is 0 Å². The van der Waals surface area contributed by atoms with Crippen LogP contribution in [0.1, 0.15) is 19.3 Å². The first-order chi connectivity index (χ1) is 5.64. The van der Waals surface area contributed by atoms with Gasteiger partial charge in [0.1, 0.15) is 0 Å². The fourth-order valence-corrected chi connectivity index (χ4v) is 0.802. The van der Waals surface area contributed by atoms with Gasteiger partial charge in [0.15, 0.2) is 0 Å². The molecule has 0 aromatic carbocycles. The summed E-state index contributed by atoms with van der Waals surface area (Å²) in [5.74, 6) is 0. The van der Waals surface area contributed by atoms with Crippen LogP contribution >= 0.6 is 0 Å². The predicted molar refractivity (Wildman–Crippen MR) is 50.0 cm³/mol. The molecule has 0 radical (unpaired) electrons. The van der Waals surface area contributed by atoms with E-state index in [9.17, 15) is 4.79 Å².